The largest absolute Gasteiger partial charge is 0.310 e. The van der Waals surface area contributed by atoms with Gasteiger partial charge in [0.2, 0.25) is 0 Å². The highest BCUT2D eigenvalue weighted by molar-refractivity contribution is 6.23. The second-order valence-corrected chi connectivity index (χ2v) is 13.5. The highest BCUT2D eigenvalue weighted by Crippen LogP contribution is 2.42. The molecule has 0 aliphatic heterocycles. The van der Waals surface area contributed by atoms with Gasteiger partial charge in [0, 0.05) is 55.6 Å². The summed E-state index contributed by atoms with van der Waals surface area (Å²) >= 11 is 0. The average Bonchev–Trinajstić information content (AvgIpc) is 3.87. The van der Waals surface area contributed by atoms with E-state index in [1.807, 2.05) is 24.4 Å². The quantitative estimate of drug-likeness (QED) is 0.171. The minimum atomic E-state index is 0.595. The summed E-state index contributed by atoms with van der Waals surface area (Å²) in [6.07, 6.45) is 1.88. The Morgan fingerprint density at radius 1 is 0.396 bits per heavy atom. The highest BCUT2D eigenvalue weighted by Gasteiger charge is 2.22. The fourth-order valence-electron chi connectivity index (χ4n) is 8.45. The lowest BCUT2D eigenvalue weighted by molar-refractivity contribution is 1.12. The maximum atomic E-state index is 8.10. The van der Waals surface area contributed by atoms with Crippen molar-refractivity contribution in [2.45, 2.75) is 0 Å². The van der Waals surface area contributed by atoms with Gasteiger partial charge in [-0.25, -0.2) is 9.83 Å². The molecule has 0 saturated carbocycles. The molecule has 246 valence electrons. The summed E-state index contributed by atoms with van der Waals surface area (Å²) in [5.74, 6) is 0. The summed E-state index contributed by atoms with van der Waals surface area (Å²) in [6.45, 7) is 8.10. The molecule has 0 saturated heterocycles. The Balaban J connectivity index is 1.19. The molecule has 0 unspecified atom stereocenters. The van der Waals surface area contributed by atoms with E-state index in [2.05, 4.69) is 170 Å². The van der Waals surface area contributed by atoms with E-state index in [4.69, 9.17) is 11.6 Å². The summed E-state index contributed by atoms with van der Waals surface area (Å²) in [5.41, 5.74) is 12.2. The molecule has 4 heterocycles. The van der Waals surface area contributed by atoms with Gasteiger partial charge in [-0.15, -0.1) is 0 Å². The third kappa shape index (κ3) is 4.27. The lowest BCUT2D eigenvalue weighted by atomic mass is 10.0. The average molecular weight is 676 g/mol. The number of hydrogen-bond acceptors (Lipinski definition) is 1. The van der Waals surface area contributed by atoms with Crippen molar-refractivity contribution in [1.29, 1.82) is 0 Å². The fraction of sp³-hybridized carbons (Fsp3) is 0. The first kappa shape index (κ1) is 29.3. The van der Waals surface area contributed by atoms with E-state index in [0.29, 0.717) is 5.69 Å². The predicted octanol–water partition coefficient (Wildman–Crippen LogP) is 12.6. The number of fused-ring (bicyclic) bond motifs is 10. The summed E-state index contributed by atoms with van der Waals surface area (Å²) < 4.78 is 6.99. The summed E-state index contributed by atoms with van der Waals surface area (Å²) in [5, 5.41) is 7.03. The zero-order valence-electron chi connectivity index (χ0n) is 28.5. The number of para-hydroxylation sites is 4. The molecule has 0 amide bonds. The highest BCUT2D eigenvalue weighted by atomic mass is 15.1. The Morgan fingerprint density at radius 2 is 0.962 bits per heavy atom. The smallest absolute Gasteiger partial charge is 0.189 e. The van der Waals surface area contributed by atoms with Gasteiger partial charge >= 0.3 is 0 Å². The molecule has 0 N–H and O–H groups in total. The number of hydrogen-bond donors (Lipinski definition) is 0. The number of pyridine rings is 1. The summed E-state index contributed by atoms with van der Waals surface area (Å²) in [6, 6.07) is 59.8. The normalized spacial score (nSPS) is 11.8. The topological polar surface area (TPSA) is 32.0 Å². The van der Waals surface area contributed by atoms with Gasteiger partial charge in [0.1, 0.15) is 5.65 Å². The van der Waals surface area contributed by atoms with Gasteiger partial charge in [0.25, 0.3) is 0 Å². The van der Waals surface area contributed by atoms with E-state index in [-0.39, 0.29) is 0 Å². The van der Waals surface area contributed by atoms with Gasteiger partial charge in [0.15, 0.2) is 5.69 Å². The molecule has 53 heavy (non-hydrogen) atoms. The van der Waals surface area contributed by atoms with Crippen LogP contribution in [0.4, 0.5) is 5.69 Å². The van der Waals surface area contributed by atoms with Crippen LogP contribution in [-0.2, 0) is 0 Å². The molecule has 0 atom stereocenters. The maximum absolute atomic E-state index is 8.10. The standard InChI is InChI=1S/C48H29N5/c1-49-33-27-32(29-36(30-33)51-43-21-8-5-17-37(43)38-18-6-9-22-44(38)51)31-13-11-16-35(28-31)53-47-41(42-20-12-26-50-48(42)53)25-24-40-39-19-7-10-23-45(39)52(46(40)47)34-14-3-2-4-15-34/h2-30H. The van der Waals surface area contributed by atoms with Gasteiger partial charge in [-0.1, -0.05) is 97.1 Å². The van der Waals surface area contributed by atoms with Crippen LogP contribution in [0.15, 0.2) is 176 Å². The molecule has 11 rings (SSSR count). The first-order valence-corrected chi connectivity index (χ1v) is 17.8. The summed E-state index contributed by atoms with van der Waals surface area (Å²) in [7, 11) is 0. The first-order valence-electron chi connectivity index (χ1n) is 17.8. The lowest BCUT2D eigenvalue weighted by Crippen LogP contribution is -1.99. The number of aromatic nitrogens is 4. The molecule has 11 aromatic rings. The molecular formula is C48H29N5. The molecule has 0 spiro atoms. The molecule has 0 radical (unpaired) electrons. The zero-order chi connectivity index (χ0) is 35.0. The van der Waals surface area contributed by atoms with Crippen molar-refractivity contribution < 1.29 is 0 Å². The number of rotatable bonds is 4. The van der Waals surface area contributed by atoms with Crippen molar-refractivity contribution in [3.8, 4) is 28.2 Å². The van der Waals surface area contributed by atoms with Crippen molar-refractivity contribution in [2.75, 3.05) is 0 Å². The molecule has 7 aromatic carbocycles. The molecule has 0 bridgehead atoms. The Kier molecular flexibility index (Phi) is 6.25. The van der Waals surface area contributed by atoms with E-state index in [1.165, 1.54) is 21.5 Å². The Bertz CT molecular complexity index is 3250. The second kappa shape index (κ2) is 11.3. The van der Waals surface area contributed by atoms with Crippen molar-refractivity contribution in [2.24, 2.45) is 0 Å². The second-order valence-electron chi connectivity index (χ2n) is 13.5. The molecule has 0 fully saturated rings. The molecule has 5 nitrogen and oxygen atoms in total. The minimum Gasteiger partial charge on any atom is -0.310 e. The van der Waals surface area contributed by atoms with Crippen LogP contribution in [0.1, 0.15) is 0 Å². The Morgan fingerprint density at radius 3 is 1.68 bits per heavy atom. The van der Waals surface area contributed by atoms with E-state index >= 15 is 0 Å². The van der Waals surface area contributed by atoms with Crippen LogP contribution >= 0.6 is 0 Å². The third-order valence-corrected chi connectivity index (χ3v) is 10.6. The third-order valence-electron chi connectivity index (χ3n) is 10.6. The number of benzene rings is 7. The van der Waals surface area contributed by atoms with Crippen LogP contribution < -0.4 is 0 Å². The van der Waals surface area contributed by atoms with Gasteiger partial charge in [-0.3, -0.25) is 4.57 Å². The zero-order valence-corrected chi connectivity index (χ0v) is 28.5. The van der Waals surface area contributed by atoms with Crippen LogP contribution in [0.3, 0.4) is 0 Å². The van der Waals surface area contributed by atoms with E-state index < -0.39 is 0 Å². The van der Waals surface area contributed by atoms with Crippen LogP contribution in [0.25, 0.3) is 98.6 Å². The van der Waals surface area contributed by atoms with Crippen LogP contribution in [0, 0.1) is 6.57 Å². The van der Waals surface area contributed by atoms with Gasteiger partial charge in [0.05, 0.1) is 34.2 Å². The van der Waals surface area contributed by atoms with Crippen molar-refractivity contribution in [3.63, 3.8) is 0 Å². The molecule has 5 heteroatoms. The molecular weight excluding hydrogens is 647 g/mol. The molecule has 0 aliphatic rings. The number of nitrogens with zero attached hydrogens (tertiary/aromatic N) is 5. The molecule has 0 aliphatic carbocycles. The van der Waals surface area contributed by atoms with Crippen molar-refractivity contribution in [3.05, 3.63) is 187 Å². The van der Waals surface area contributed by atoms with Gasteiger partial charge in [-0.2, -0.15) is 0 Å². The van der Waals surface area contributed by atoms with Crippen LogP contribution in [0.2, 0.25) is 0 Å². The Labute approximate surface area is 304 Å². The van der Waals surface area contributed by atoms with E-state index in [9.17, 15) is 0 Å². The summed E-state index contributed by atoms with van der Waals surface area (Å²) in [4.78, 5) is 8.96. The van der Waals surface area contributed by atoms with Gasteiger partial charge < -0.3 is 9.13 Å². The fourth-order valence-corrected chi connectivity index (χ4v) is 8.45. The molecule has 4 aromatic heterocycles. The monoisotopic (exact) mass is 675 g/mol. The lowest BCUT2D eigenvalue weighted by Gasteiger charge is -2.14. The van der Waals surface area contributed by atoms with E-state index in [0.717, 1.165) is 72.2 Å². The minimum absolute atomic E-state index is 0.595. The van der Waals surface area contributed by atoms with Crippen molar-refractivity contribution >= 4 is 71.2 Å². The van der Waals surface area contributed by atoms with Crippen LogP contribution in [-0.4, -0.2) is 18.7 Å². The van der Waals surface area contributed by atoms with Crippen molar-refractivity contribution in [1.82, 2.24) is 18.7 Å². The van der Waals surface area contributed by atoms with Crippen LogP contribution in [0.5, 0.6) is 0 Å². The first-order chi connectivity index (χ1) is 26.3. The SMILES string of the molecule is [C-]#[N+]c1cc(-c2cccc(-n3c4ncccc4c4ccc5c6ccccc6n(-c6ccccc6)c5c43)c2)cc(-n2c3ccccc3c3ccccc32)c1. The Hall–Kier alpha value is -7.42. The van der Waals surface area contributed by atoms with E-state index in [1.54, 1.807) is 0 Å². The van der Waals surface area contributed by atoms with Gasteiger partial charge in [-0.05, 0) is 83.9 Å². The predicted molar refractivity (Wildman–Crippen MR) is 219 cm³/mol. The maximum Gasteiger partial charge on any atom is 0.189 e.